The molecule has 0 aliphatic carbocycles. The summed E-state index contributed by atoms with van der Waals surface area (Å²) in [6.07, 6.45) is 0. The van der Waals surface area contributed by atoms with E-state index in [1.165, 1.54) is 13.2 Å². The van der Waals surface area contributed by atoms with Gasteiger partial charge in [-0.15, -0.1) is 0 Å². The summed E-state index contributed by atoms with van der Waals surface area (Å²) in [5.41, 5.74) is 0.657. The Labute approximate surface area is 97.7 Å². The molecule has 86 valence electrons. The van der Waals surface area contributed by atoms with Crippen LogP contribution in [0.2, 0.25) is 0 Å². The normalized spacial score (nSPS) is 9.94. The van der Waals surface area contributed by atoms with Crippen LogP contribution in [0.15, 0.2) is 36.4 Å². The summed E-state index contributed by atoms with van der Waals surface area (Å²) < 4.78 is 4.95. The molecule has 0 radical (unpaired) electrons. The Hall–Kier alpha value is -2.43. The molecule has 0 fully saturated rings. The van der Waals surface area contributed by atoms with Crippen LogP contribution in [0.3, 0.4) is 0 Å². The van der Waals surface area contributed by atoms with E-state index in [1.807, 2.05) is 18.2 Å². The summed E-state index contributed by atoms with van der Waals surface area (Å²) in [6, 6.07) is 10.4. The van der Waals surface area contributed by atoms with Crippen LogP contribution in [0.4, 0.5) is 0 Å². The molecule has 0 aliphatic rings. The summed E-state index contributed by atoms with van der Waals surface area (Å²) in [7, 11) is 1.43. The van der Waals surface area contributed by atoms with Gasteiger partial charge in [-0.2, -0.15) is 4.98 Å². The number of hydrogen-bond donors (Lipinski definition) is 1. The number of nitrogens with zero attached hydrogens (tertiary/aromatic N) is 2. The van der Waals surface area contributed by atoms with Crippen molar-refractivity contribution < 1.29 is 14.6 Å². The minimum Gasteiger partial charge on any atom is -0.481 e. The van der Waals surface area contributed by atoms with Crippen LogP contribution in [-0.2, 0) is 0 Å². The second kappa shape index (κ2) is 4.61. The van der Waals surface area contributed by atoms with Gasteiger partial charge in [-0.1, -0.05) is 30.3 Å². The van der Waals surface area contributed by atoms with E-state index < -0.39 is 5.97 Å². The highest BCUT2D eigenvalue weighted by Crippen LogP contribution is 2.18. The fourth-order valence-corrected chi connectivity index (χ4v) is 1.36. The van der Waals surface area contributed by atoms with Crippen molar-refractivity contribution >= 4 is 5.97 Å². The Morgan fingerprint density at radius 1 is 1.24 bits per heavy atom. The maximum atomic E-state index is 10.9. The predicted molar refractivity (Wildman–Crippen MR) is 61.0 cm³/mol. The van der Waals surface area contributed by atoms with Gasteiger partial charge in [0.2, 0.25) is 5.88 Å². The van der Waals surface area contributed by atoms with Gasteiger partial charge in [0.05, 0.1) is 7.11 Å². The number of aromatic carboxylic acids is 1. The Bertz CT molecular complexity index is 541. The van der Waals surface area contributed by atoms with Crippen molar-refractivity contribution in [2.75, 3.05) is 7.11 Å². The highest BCUT2D eigenvalue weighted by Gasteiger charge is 2.11. The Morgan fingerprint density at radius 3 is 2.53 bits per heavy atom. The lowest BCUT2D eigenvalue weighted by Gasteiger charge is -2.04. The van der Waals surface area contributed by atoms with Gasteiger partial charge in [0.15, 0.2) is 11.5 Å². The standard InChI is InChI=1S/C12H10N2O3/c1-17-10-7-9(12(15)16)13-11(14-10)8-5-3-2-4-6-8/h2-7H,1H3,(H,15,16). The van der Waals surface area contributed by atoms with E-state index in [4.69, 9.17) is 9.84 Å². The molecule has 0 bridgehead atoms. The van der Waals surface area contributed by atoms with Gasteiger partial charge in [0.25, 0.3) is 0 Å². The Balaban J connectivity index is 2.54. The van der Waals surface area contributed by atoms with Gasteiger partial charge in [0.1, 0.15) is 0 Å². The van der Waals surface area contributed by atoms with E-state index >= 15 is 0 Å². The van der Waals surface area contributed by atoms with Crippen LogP contribution in [0.25, 0.3) is 11.4 Å². The van der Waals surface area contributed by atoms with Crippen LogP contribution >= 0.6 is 0 Å². The first-order valence-electron chi connectivity index (χ1n) is 4.92. The highest BCUT2D eigenvalue weighted by molar-refractivity contribution is 5.86. The lowest BCUT2D eigenvalue weighted by molar-refractivity contribution is 0.0690. The van der Waals surface area contributed by atoms with E-state index in [-0.39, 0.29) is 11.6 Å². The van der Waals surface area contributed by atoms with Gasteiger partial charge in [-0.05, 0) is 0 Å². The summed E-state index contributed by atoms with van der Waals surface area (Å²) >= 11 is 0. The second-order valence-corrected chi connectivity index (χ2v) is 3.29. The van der Waals surface area contributed by atoms with Gasteiger partial charge >= 0.3 is 5.97 Å². The first kappa shape index (κ1) is 11.1. The number of carboxylic acid groups (broad SMARTS) is 1. The van der Waals surface area contributed by atoms with Crippen LogP contribution < -0.4 is 4.74 Å². The number of benzene rings is 1. The van der Waals surface area contributed by atoms with Crippen LogP contribution in [-0.4, -0.2) is 28.2 Å². The van der Waals surface area contributed by atoms with Crippen molar-refractivity contribution in [3.05, 3.63) is 42.1 Å². The number of carbonyl (C=O) groups is 1. The number of methoxy groups -OCH3 is 1. The summed E-state index contributed by atoms with van der Waals surface area (Å²) in [5, 5.41) is 8.93. The van der Waals surface area contributed by atoms with Crippen molar-refractivity contribution in [1.29, 1.82) is 0 Å². The third-order valence-corrected chi connectivity index (χ3v) is 2.16. The SMILES string of the molecule is COc1cc(C(=O)O)nc(-c2ccccc2)n1. The predicted octanol–water partition coefficient (Wildman–Crippen LogP) is 1.85. The van der Waals surface area contributed by atoms with Gasteiger partial charge in [-0.3, -0.25) is 0 Å². The molecule has 1 N–H and O–H groups in total. The lowest BCUT2D eigenvalue weighted by atomic mass is 10.2. The lowest BCUT2D eigenvalue weighted by Crippen LogP contribution is -2.04. The number of carboxylic acids is 1. The zero-order valence-electron chi connectivity index (χ0n) is 9.12. The highest BCUT2D eigenvalue weighted by atomic mass is 16.5. The van der Waals surface area contributed by atoms with Gasteiger partial charge in [0, 0.05) is 11.6 Å². The maximum absolute atomic E-state index is 10.9. The Kier molecular flexibility index (Phi) is 3.00. The summed E-state index contributed by atoms with van der Waals surface area (Å²) in [5.74, 6) is -0.540. The smallest absolute Gasteiger partial charge is 0.354 e. The number of aromatic nitrogens is 2. The molecule has 0 unspecified atom stereocenters. The van der Waals surface area contributed by atoms with Crippen LogP contribution in [0.1, 0.15) is 10.5 Å². The van der Waals surface area contributed by atoms with Crippen LogP contribution in [0, 0.1) is 0 Å². The van der Waals surface area contributed by atoms with E-state index in [0.717, 1.165) is 5.56 Å². The first-order chi connectivity index (χ1) is 8.20. The first-order valence-corrected chi connectivity index (χ1v) is 4.92. The maximum Gasteiger partial charge on any atom is 0.354 e. The van der Waals surface area contributed by atoms with Gasteiger partial charge in [-0.25, -0.2) is 9.78 Å². The molecule has 0 amide bonds. The van der Waals surface area contributed by atoms with Crippen molar-refractivity contribution in [2.24, 2.45) is 0 Å². The third-order valence-electron chi connectivity index (χ3n) is 2.16. The van der Waals surface area contributed by atoms with E-state index in [2.05, 4.69) is 9.97 Å². The minimum atomic E-state index is -1.11. The largest absolute Gasteiger partial charge is 0.481 e. The molecule has 0 spiro atoms. The van der Waals surface area contributed by atoms with Crippen molar-refractivity contribution in [1.82, 2.24) is 9.97 Å². The molecular formula is C12H10N2O3. The fourth-order valence-electron chi connectivity index (χ4n) is 1.36. The molecule has 1 aromatic carbocycles. The third kappa shape index (κ3) is 2.39. The molecule has 5 heteroatoms. The number of hydrogen-bond acceptors (Lipinski definition) is 4. The second-order valence-electron chi connectivity index (χ2n) is 3.29. The Morgan fingerprint density at radius 2 is 1.94 bits per heavy atom. The zero-order chi connectivity index (χ0) is 12.3. The van der Waals surface area contributed by atoms with Crippen molar-refractivity contribution in [2.45, 2.75) is 0 Å². The van der Waals surface area contributed by atoms with Crippen LogP contribution in [0.5, 0.6) is 5.88 Å². The zero-order valence-corrected chi connectivity index (χ0v) is 9.12. The molecule has 1 heterocycles. The van der Waals surface area contributed by atoms with Gasteiger partial charge < -0.3 is 9.84 Å². The average Bonchev–Trinajstić information content (AvgIpc) is 2.39. The molecule has 0 aliphatic heterocycles. The molecule has 0 saturated heterocycles. The molecule has 5 nitrogen and oxygen atoms in total. The molecule has 2 rings (SSSR count). The molecule has 17 heavy (non-hydrogen) atoms. The average molecular weight is 230 g/mol. The molecule has 0 atom stereocenters. The number of ether oxygens (including phenoxy) is 1. The molecular weight excluding hydrogens is 220 g/mol. The topological polar surface area (TPSA) is 72.3 Å². The van der Waals surface area contributed by atoms with E-state index in [1.54, 1.807) is 12.1 Å². The van der Waals surface area contributed by atoms with E-state index in [0.29, 0.717) is 5.82 Å². The molecule has 0 saturated carbocycles. The van der Waals surface area contributed by atoms with Crippen molar-refractivity contribution in [3.8, 4) is 17.3 Å². The fraction of sp³-hybridized carbons (Fsp3) is 0.0833. The number of rotatable bonds is 3. The molecule has 2 aromatic rings. The monoisotopic (exact) mass is 230 g/mol. The molecule has 1 aromatic heterocycles. The summed E-state index contributed by atoms with van der Waals surface area (Å²) in [6.45, 7) is 0. The summed E-state index contributed by atoms with van der Waals surface area (Å²) in [4.78, 5) is 19.0. The quantitative estimate of drug-likeness (QED) is 0.871. The van der Waals surface area contributed by atoms with Crippen molar-refractivity contribution in [3.63, 3.8) is 0 Å². The van der Waals surface area contributed by atoms with E-state index in [9.17, 15) is 4.79 Å². The minimum absolute atomic E-state index is 0.0873.